The van der Waals surface area contributed by atoms with Gasteiger partial charge in [0, 0.05) is 30.7 Å². The topological polar surface area (TPSA) is 59.2 Å². The van der Waals surface area contributed by atoms with E-state index in [0.29, 0.717) is 19.4 Å². The van der Waals surface area contributed by atoms with Crippen molar-refractivity contribution >= 4 is 22.9 Å². The summed E-state index contributed by atoms with van der Waals surface area (Å²) in [6, 6.07) is 7.66. The Balaban J connectivity index is 1.86. The van der Waals surface area contributed by atoms with Gasteiger partial charge in [-0.2, -0.15) is 0 Å². The second-order valence-corrected chi connectivity index (χ2v) is 5.35. The molecule has 1 aromatic carbocycles. The number of rotatable bonds is 5. The summed E-state index contributed by atoms with van der Waals surface area (Å²) in [6.45, 7) is 0.570. The van der Waals surface area contributed by atoms with Crippen molar-refractivity contribution in [1.29, 1.82) is 0 Å². The lowest BCUT2D eigenvalue weighted by Gasteiger charge is -2.15. The van der Waals surface area contributed by atoms with Gasteiger partial charge in [0.2, 0.25) is 5.91 Å². The van der Waals surface area contributed by atoms with Gasteiger partial charge in [0.15, 0.2) is 0 Å². The molecule has 0 saturated heterocycles. The Morgan fingerprint density at radius 1 is 1.42 bits per heavy atom. The van der Waals surface area contributed by atoms with Crippen LogP contribution in [0.2, 0.25) is 0 Å². The number of carbonyl (C=O) groups is 1. The molecule has 0 bridgehead atoms. The van der Waals surface area contributed by atoms with Crippen LogP contribution in [0.5, 0.6) is 0 Å². The van der Waals surface area contributed by atoms with Crippen molar-refractivity contribution in [3.63, 3.8) is 0 Å². The van der Waals surface area contributed by atoms with Crippen LogP contribution in [0.4, 0.5) is 5.69 Å². The van der Waals surface area contributed by atoms with Crippen LogP contribution in [0.25, 0.3) is 0 Å². The highest BCUT2D eigenvalue weighted by molar-refractivity contribution is 7.09. The summed E-state index contributed by atoms with van der Waals surface area (Å²) in [7, 11) is 1.80. The van der Waals surface area contributed by atoms with Crippen molar-refractivity contribution in [3.05, 3.63) is 46.4 Å². The Labute approximate surface area is 116 Å². The molecule has 0 aliphatic heterocycles. The van der Waals surface area contributed by atoms with E-state index in [2.05, 4.69) is 4.98 Å². The summed E-state index contributed by atoms with van der Waals surface area (Å²) in [5.74, 6) is 0.110. The molecular formula is C14H17N3OS. The minimum Gasteiger partial charge on any atom is -0.399 e. The lowest BCUT2D eigenvalue weighted by Crippen LogP contribution is -2.26. The number of amides is 1. The average molecular weight is 275 g/mol. The van der Waals surface area contributed by atoms with Gasteiger partial charge in [-0.25, -0.2) is 4.98 Å². The maximum Gasteiger partial charge on any atom is 0.223 e. The molecule has 0 aliphatic carbocycles. The van der Waals surface area contributed by atoms with Crippen LogP contribution in [0, 0.1) is 0 Å². The number of aryl methyl sites for hydroxylation is 1. The fourth-order valence-electron chi connectivity index (χ4n) is 1.82. The van der Waals surface area contributed by atoms with Crippen molar-refractivity contribution < 1.29 is 4.79 Å². The minimum absolute atomic E-state index is 0.110. The molecule has 0 spiro atoms. The number of para-hydroxylation sites is 1. The van der Waals surface area contributed by atoms with Crippen molar-refractivity contribution in [2.45, 2.75) is 19.4 Å². The smallest absolute Gasteiger partial charge is 0.223 e. The van der Waals surface area contributed by atoms with Gasteiger partial charge in [-0.3, -0.25) is 4.79 Å². The molecule has 1 aromatic heterocycles. The first-order valence-corrected chi connectivity index (χ1v) is 7.00. The number of hydrogen-bond acceptors (Lipinski definition) is 4. The number of nitrogen functional groups attached to an aromatic ring is 1. The number of nitrogens with zero attached hydrogens (tertiary/aromatic N) is 2. The van der Waals surface area contributed by atoms with E-state index in [4.69, 9.17) is 5.73 Å². The first kappa shape index (κ1) is 13.5. The summed E-state index contributed by atoms with van der Waals surface area (Å²) in [6.07, 6.45) is 2.90. The molecule has 2 N–H and O–H groups in total. The molecule has 1 heterocycles. The maximum atomic E-state index is 12.0. The SMILES string of the molecule is CN(Cc1nccs1)C(=O)CCc1ccccc1N. The molecular weight excluding hydrogens is 258 g/mol. The molecule has 100 valence electrons. The van der Waals surface area contributed by atoms with Gasteiger partial charge >= 0.3 is 0 Å². The van der Waals surface area contributed by atoms with Crippen molar-refractivity contribution in [1.82, 2.24) is 9.88 Å². The lowest BCUT2D eigenvalue weighted by atomic mass is 10.1. The zero-order valence-corrected chi connectivity index (χ0v) is 11.7. The van der Waals surface area contributed by atoms with Crippen LogP contribution in [0.15, 0.2) is 35.8 Å². The van der Waals surface area contributed by atoms with Gasteiger partial charge in [-0.1, -0.05) is 18.2 Å². The minimum atomic E-state index is 0.110. The van der Waals surface area contributed by atoms with Gasteiger partial charge in [0.25, 0.3) is 0 Å². The van der Waals surface area contributed by atoms with Gasteiger partial charge in [-0.15, -0.1) is 11.3 Å². The van der Waals surface area contributed by atoms with E-state index in [9.17, 15) is 4.79 Å². The standard InChI is InChI=1S/C14H17N3OS/c1-17(10-13-16-8-9-19-13)14(18)7-6-11-4-2-3-5-12(11)15/h2-5,8-9H,6-7,10,15H2,1H3. The number of aromatic nitrogens is 1. The molecule has 2 rings (SSSR count). The van der Waals surface area contributed by atoms with E-state index in [0.717, 1.165) is 16.3 Å². The van der Waals surface area contributed by atoms with Crippen LogP contribution in [-0.2, 0) is 17.8 Å². The lowest BCUT2D eigenvalue weighted by molar-refractivity contribution is -0.130. The van der Waals surface area contributed by atoms with Crippen LogP contribution in [-0.4, -0.2) is 22.8 Å². The third-order valence-corrected chi connectivity index (χ3v) is 3.71. The van der Waals surface area contributed by atoms with E-state index in [-0.39, 0.29) is 5.91 Å². The summed E-state index contributed by atoms with van der Waals surface area (Å²) < 4.78 is 0. The number of benzene rings is 1. The Kier molecular flexibility index (Phi) is 4.52. The molecule has 0 saturated carbocycles. The van der Waals surface area contributed by atoms with E-state index < -0.39 is 0 Å². The van der Waals surface area contributed by atoms with Gasteiger partial charge in [-0.05, 0) is 18.1 Å². The Morgan fingerprint density at radius 3 is 2.89 bits per heavy atom. The number of carbonyl (C=O) groups excluding carboxylic acids is 1. The maximum absolute atomic E-state index is 12.0. The molecule has 0 fully saturated rings. The molecule has 0 atom stereocenters. The molecule has 4 nitrogen and oxygen atoms in total. The first-order valence-electron chi connectivity index (χ1n) is 6.12. The second kappa shape index (κ2) is 6.33. The molecule has 19 heavy (non-hydrogen) atoms. The third-order valence-electron chi connectivity index (χ3n) is 2.94. The highest BCUT2D eigenvalue weighted by Gasteiger charge is 2.11. The molecule has 2 aromatic rings. The van der Waals surface area contributed by atoms with E-state index >= 15 is 0 Å². The Bertz CT molecular complexity index is 539. The van der Waals surface area contributed by atoms with E-state index in [1.807, 2.05) is 29.6 Å². The van der Waals surface area contributed by atoms with E-state index in [1.165, 1.54) is 0 Å². The van der Waals surface area contributed by atoms with Crippen LogP contribution in [0.3, 0.4) is 0 Å². The summed E-state index contributed by atoms with van der Waals surface area (Å²) >= 11 is 1.56. The zero-order valence-electron chi connectivity index (χ0n) is 10.9. The predicted octanol–water partition coefficient (Wildman–Crippen LogP) is 2.32. The largest absolute Gasteiger partial charge is 0.399 e. The fourth-order valence-corrected chi connectivity index (χ4v) is 2.49. The molecule has 1 amide bonds. The molecule has 0 unspecified atom stereocenters. The fraction of sp³-hybridized carbons (Fsp3) is 0.286. The number of nitrogens with two attached hydrogens (primary N) is 1. The van der Waals surface area contributed by atoms with Crippen LogP contribution in [0.1, 0.15) is 17.0 Å². The van der Waals surface area contributed by atoms with Crippen molar-refractivity contribution in [3.8, 4) is 0 Å². The number of anilines is 1. The van der Waals surface area contributed by atoms with Gasteiger partial charge in [0.1, 0.15) is 5.01 Å². The summed E-state index contributed by atoms with van der Waals surface area (Å²) in [4.78, 5) is 17.9. The highest BCUT2D eigenvalue weighted by Crippen LogP contribution is 2.14. The van der Waals surface area contributed by atoms with Gasteiger partial charge in [0.05, 0.1) is 6.54 Å². The Morgan fingerprint density at radius 2 is 2.21 bits per heavy atom. The summed E-state index contributed by atoms with van der Waals surface area (Å²) in [5.41, 5.74) is 7.63. The second-order valence-electron chi connectivity index (χ2n) is 4.37. The van der Waals surface area contributed by atoms with Crippen molar-refractivity contribution in [2.24, 2.45) is 0 Å². The number of thiazole rings is 1. The normalized spacial score (nSPS) is 10.4. The first-order chi connectivity index (χ1) is 9.16. The molecule has 5 heteroatoms. The van der Waals surface area contributed by atoms with Gasteiger partial charge < -0.3 is 10.6 Å². The summed E-state index contributed by atoms with van der Waals surface area (Å²) in [5, 5.41) is 2.87. The highest BCUT2D eigenvalue weighted by atomic mass is 32.1. The Hall–Kier alpha value is -1.88. The van der Waals surface area contributed by atoms with Crippen LogP contribution >= 0.6 is 11.3 Å². The zero-order chi connectivity index (χ0) is 13.7. The average Bonchev–Trinajstić information content (AvgIpc) is 2.90. The third kappa shape index (κ3) is 3.79. The predicted molar refractivity (Wildman–Crippen MR) is 77.8 cm³/mol. The quantitative estimate of drug-likeness (QED) is 0.852. The number of hydrogen-bond donors (Lipinski definition) is 1. The monoisotopic (exact) mass is 275 g/mol. The molecule has 0 radical (unpaired) electrons. The van der Waals surface area contributed by atoms with Crippen molar-refractivity contribution in [2.75, 3.05) is 12.8 Å². The van der Waals surface area contributed by atoms with E-state index in [1.54, 1.807) is 29.5 Å². The molecule has 0 aliphatic rings. The van der Waals surface area contributed by atoms with Crippen LogP contribution < -0.4 is 5.73 Å².